The molecule has 0 aliphatic carbocycles. The van der Waals surface area contributed by atoms with Crippen molar-refractivity contribution >= 4 is 17.2 Å². The normalized spacial score (nSPS) is 18.7. The molecule has 0 radical (unpaired) electrons. The zero-order valence-electron chi connectivity index (χ0n) is 18.1. The molecule has 1 aliphatic heterocycles. The van der Waals surface area contributed by atoms with Crippen molar-refractivity contribution in [2.45, 2.75) is 51.9 Å². The van der Waals surface area contributed by atoms with Crippen molar-refractivity contribution in [1.29, 1.82) is 0 Å². The molecule has 2 atom stereocenters. The van der Waals surface area contributed by atoms with Crippen LogP contribution in [0.3, 0.4) is 0 Å². The van der Waals surface area contributed by atoms with Gasteiger partial charge in [0, 0.05) is 42.0 Å². The summed E-state index contributed by atoms with van der Waals surface area (Å²) in [5, 5.41) is 3.72. The molecule has 1 saturated heterocycles. The number of benzene rings is 1. The van der Waals surface area contributed by atoms with Crippen molar-refractivity contribution in [1.82, 2.24) is 15.2 Å². The topological polar surface area (TPSA) is 54.5 Å². The molecule has 3 heterocycles. The lowest BCUT2D eigenvalue weighted by Gasteiger charge is -2.41. The second-order valence-electron chi connectivity index (χ2n) is 7.99. The number of nitrogens with zero attached hydrogens (tertiary/aromatic N) is 2. The lowest BCUT2D eigenvalue weighted by atomic mass is 9.94. The highest BCUT2D eigenvalue weighted by Crippen LogP contribution is 2.35. The second-order valence-corrected chi connectivity index (χ2v) is 9.31. The van der Waals surface area contributed by atoms with E-state index in [1.807, 2.05) is 35.2 Å². The van der Waals surface area contributed by atoms with Crippen LogP contribution >= 0.6 is 11.3 Å². The molecule has 31 heavy (non-hydrogen) atoms. The summed E-state index contributed by atoms with van der Waals surface area (Å²) in [5.41, 5.74) is 2.11. The lowest BCUT2D eigenvalue weighted by molar-refractivity contribution is -0.133. The van der Waals surface area contributed by atoms with E-state index in [1.165, 1.54) is 15.3 Å². The molecule has 0 saturated carbocycles. The maximum atomic E-state index is 12.3. The summed E-state index contributed by atoms with van der Waals surface area (Å²) in [5.74, 6) is 0.985. The maximum Gasteiger partial charge on any atom is 0.220 e. The van der Waals surface area contributed by atoms with Crippen molar-refractivity contribution in [3.63, 3.8) is 0 Å². The first kappa shape index (κ1) is 21.5. The number of hydrogen-bond acceptors (Lipinski definition) is 5. The number of aryl methyl sites for hydroxylation is 1. The predicted octanol–water partition coefficient (Wildman–Crippen LogP) is 4.87. The van der Waals surface area contributed by atoms with E-state index < -0.39 is 0 Å². The third kappa shape index (κ3) is 5.51. The van der Waals surface area contributed by atoms with Crippen molar-refractivity contribution in [3.05, 3.63) is 81.8 Å². The number of ether oxygens (including phenoxy) is 1. The predicted molar refractivity (Wildman–Crippen MR) is 124 cm³/mol. The van der Waals surface area contributed by atoms with E-state index in [9.17, 15) is 4.79 Å². The SMILES string of the molecule is CC(=O)N1CCC[C@@H](NCc2ccc(OCc3ccccn3)cc2)[C@@H]1c1ccc(C)s1. The van der Waals surface area contributed by atoms with Gasteiger partial charge in [-0.05, 0) is 61.7 Å². The molecule has 1 N–H and O–H groups in total. The average molecular weight is 436 g/mol. The van der Waals surface area contributed by atoms with Crippen molar-refractivity contribution < 1.29 is 9.53 Å². The molecule has 1 fully saturated rings. The fourth-order valence-corrected chi connectivity index (χ4v) is 5.18. The Morgan fingerprint density at radius 3 is 2.71 bits per heavy atom. The number of carbonyl (C=O) groups excluding carboxylic acids is 1. The first-order valence-corrected chi connectivity index (χ1v) is 11.6. The summed E-state index contributed by atoms with van der Waals surface area (Å²) in [4.78, 5) is 21.2. The van der Waals surface area contributed by atoms with Gasteiger partial charge in [-0.25, -0.2) is 0 Å². The lowest BCUT2D eigenvalue weighted by Crippen LogP contribution is -2.49. The maximum absolute atomic E-state index is 12.3. The Balaban J connectivity index is 1.38. The van der Waals surface area contributed by atoms with Crippen LogP contribution in [-0.2, 0) is 17.9 Å². The molecule has 1 aliphatic rings. The number of amides is 1. The van der Waals surface area contributed by atoms with Crippen LogP contribution in [0.15, 0.2) is 60.8 Å². The van der Waals surface area contributed by atoms with Gasteiger partial charge in [0.05, 0.1) is 11.7 Å². The minimum Gasteiger partial charge on any atom is -0.487 e. The van der Waals surface area contributed by atoms with E-state index >= 15 is 0 Å². The molecule has 5 nitrogen and oxygen atoms in total. The average Bonchev–Trinajstić information content (AvgIpc) is 3.23. The summed E-state index contributed by atoms with van der Waals surface area (Å²) in [6.45, 7) is 5.85. The number of carbonyl (C=O) groups is 1. The van der Waals surface area contributed by atoms with Crippen LogP contribution in [0.5, 0.6) is 5.75 Å². The smallest absolute Gasteiger partial charge is 0.220 e. The number of piperidine rings is 1. The van der Waals surface area contributed by atoms with Crippen LogP contribution < -0.4 is 10.1 Å². The minimum absolute atomic E-state index is 0.103. The third-order valence-corrected chi connectivity index (χ3v) is 6.76. The van der Waals surface area contributed by atoms with Gasteiger partial charge in [-0.2, -0.15) is 0 Å². The number of nitrogens with one attached hydrogen (secondary N) is 1. The number of aromatic nitrogens is 1. The summed E-state index contributed by atoms with van der Waals surface area (Å²) < 4.78 is 5.83. The minimum atomic E-state index is 0.103. The summed E-state index contributed by atoms with van der Waals surface area (Å²) in [6.07, 6.45) is 3.87. The molecule has 4 rings (SSSR count). The van der Waals surface area contributed by atoms with Crippen LogP contribution in [0, 0.1) is 6.92 Å². The van der Waals surface area contributed by atoms with E-state index in [-0.39, 0.29) is 18.0 Å². The van der Waals surface area contributed by atoms with Gasteiger partial charge in [-0.1, -0.05) is 18.2 Å². The van der Waals surface area contributed by atoms with E-state index in [1.54, 1.807) is 24.5 Å². The van der Waals surface area contributed by atoms with Gasteiger partial charge in [0.15, 0.2) is 0 Å². The number of rotatable bonds is 7. The Hall–Kier alpha value is -2.70. The Morgan fingerprint density at radius 1 is 1.19 bits per heavy atom. The molecule has 0 unspecified atom stereocenters. The molecule has 1 amide bonds. The first-order chi connectivity index (χ1) is 15.1. The first-order valence-electron chi connectivity index (χ1n) is 10.8. The molecular formula is C25H29N3O2S. The highest BCUT2D eigenvalue weighted by atomic mass is 32.1. The summed E-state index contributed by atoms with van der Waals surface area (Å²) >= 11 is 1.79. The number of pyridine rings is 1. The molecule has 0 bridgehead atoms. The van der Waals surface area contributed by atoms with Gasteiger partial charge in [-0.15, -0.1) is 11.3 Å². The van der Waals surface area contributed by atoms with Gasteiger partial charge in [0.25, 0.3) is 0 Å². The number of likely N-dealkylation sites (tertiary alicyclic amines) is 1. The van der Waals surface area contributed by atoms with Gasteiger partial charge in [0.2, 0.25) is 5.91 Å². The van der Waals surface area contributed by atoms with Crippen LogP contribution in [-0.4, -0.2) is 28.4 Å². The summed E-state index contributed by atoms with van der Waals surface area (Å²) in [6, 6.07) is 18.7. The number of thiophene rings is 1. The van der Waals surface area contributed by atoms with Crippen molar-refractivity contribution in [2.75, 3.05) is 6.54 Å². The Labute approximate surface area is 188 Å². The largest absolute Gasteiger partial charge is 0.487 e. The van der Waals surface area contributed by atoms with E-state index in [4.69, 9.17) is 4.74 Å². The highest BCUT2D eigenvalue weighted by Gasteiger charge is 2.34. The van der Waals surface area contributed by atoms with Crippen molar-refractivity contribution in [2.24, 2.45) is 0 Å². The quantitative estimate of drug-likeness (QED) is 0.575. The Kier molecular flexibility index (Phi) is 6.99. The highest BCUT2D eigenvalue weighted by molar-refractivity contribution is 7.12. The Bertz CT molecular complexity index is 988. The van der Waals surface area contributed by atoms with Crippen molar-refractivity contribution in [3.8, 4) is 5.75 Å². The zero-order chi connectivity index (χ0) is 21.6. The molecule has 1 aromatic carbocycles. The van der Waals surface area contributed by atoms with E-state index in [2.05, 4.69) is 41.5 Å². The Morgan fingerprint density at radius 2 is 2.03 bits per heavy atom. The van der Waals surface area contributed by atoms with Crippen LogP contribution in [0.2, 0.25) is 0 Å². The molecule has 6 heteroatoms. The standard InChI is InChI=1S/C25H29N3O2S/c1-18-8-13-24(31-18)25-23(7-5-15-28(25)19(2)29)27-16-20-9-11-22(12-10-20)30-17-21-6-3-4-14-26-21/h3-4,6,8-14,23,25,27H,5,7,15-17H2,1-2H3/t23-,25-/m1/s1. The number of hydrogen-bond donors (Lipinski definition) is 1. The molecule has 162 valence electrons. The molecule has 0 spiro atoms. The fraction of sp³-hybridized carbons (Fsp3) is 0.360. The van der Waals surface area contributed by atoms with Crippen LogP contribution in [0.25, 0.3) is 0 Å². The van der Waals surface area contributed by atoms with Gasteiger partial charge >= 0.3 is 0 Å². The van der Waals surface area contributed by atoms with E-state index in [0.717, 1.165) is 37.4 Å². The van der Waals surface area contributed by atoms with Gasteiger partial charge in [0.1, 0.15) is 12.4 Å². The molecule has 3 aromatic rings. The van der Waals surface area contributed by atoms with Gasteiger partial charge in [-0.3, -0.25) is 9.78 Å². The second kappa shape index (κ2) is 10.1. The van der Waals surface area contributed by atoms with Crippen LogP contribution in [0.1, 0.15) is 46.8 Å². The molecular weight excluding hydrogens is 406 g/mol. The molecule has 2 aromatic heterocycles. The zero-order valence-corrected chi connectivity index (χ0v) is 18.9. The third-order valence-electron chi connectivity index (χ3n) is 5.69. The van der Waals surface area contributed by atoms with Crippen LogP contribution in [0.4, 0.5) is 0 Å². The summed E-state index contributed by atoms with van der Waals surface area (Å²) in [7, 11) is 0. The monoisotopic (exact) mass is 435 g/mol. The fourth-order valence-electron chi connectivity index (χ4n) is 4.12. The van der Waals surface area contributed by atoms with E-state index in [0.29, 0.717) is 6.61 Å². The van der Waals surface area contributed by atoms with Gasteiger partial charge < -0.3 is 15.0 Å².